The number of methoxy groups -OCH3 is 1. The number of benzene rings is 1. The molecule has 1 aliphatic heterocycles. The summed E-state index contributed by atoms with van der Waals surface area (Å²) in [4.78, 5) is 29.2. The van der Waals surface area contributed by atoms with E-state index in [0.29, 0.717) is 24.5 Å². The summed E-state index contributed by atoms with van der Waals surface area (Å²) in [5, 5.41) is 1.02. The van der Waals surface area contributed by atoms with Gasteiger partial charge in [0.15, 0.2) is 0 Å². The number of amides is 1. The first-order valence-electron chi connectivity index (χ1n) is 8.84. The molecule has 0 saturated carbocycles. The van der Waals surface area contributed by atoms with Gasteiger partial charge in [-0.2, -0.15) is 0 Å². The van der Waals surface area contributed by atoms with E-state index >= 15 is 0 Å². The van der Waals surface area contributed by atoms with Crippen LogP contribution in [-0.4, -0.2) is 54.4 Å². The molecule has 1 amide bonds. The lowest BCUT2D eigenvalue weighted by atomic mass is 10.1. The second-order valence-corrected chi connectivity index (χ2v) is 7.28. The summed E-state index contributed by atoms with van der Waals surface area (Å²) >= 11 is 1.64. The maximum atomic E-state index is 12.3. The van der Waals surface area contributed by atoms with E-state index in [4.69, 9.17) is 9.47 Å². The van der Waals surface area contributed by atoms with Crippen LogP contribution in [0, 0.1) is 0 Å². The van der Waals surface area contributed by atoms with Crippen molar-refractivity contribution in [3.8, 4) is 0 Å². The molecule has 26 heavy (non-hydrogen) atoms. The number of ether oxygens (including phenoxy) is 2. The number of fused-ring (bicyclic) bond motifs is 1. The maximum absolute atomic E-state index is 12.3. The molecular weight excluding hydrogens is 352 g/mol. The molecule has 1 atom stereocenters. The minimum absolute atomic E-state index is 0.00796. The fraction of sp³-hybridized carbons (Fsp3) is 0.474. The van der Waals surface area contributed by atoms with Gasteiger partial charge >= 0.3 is 5.97 Å². The van der Waals surface area contributed by atoms with E-state index in [0.717, 1.165) is 35.9 Å². The van der Waals surface area contributed by atoms with E-state index < -0.39 is 0 Å². The van der Waals surface area contributed by atoms with Gasteiger partial charge < -0.3 is 19.4 Å². The number of hydrogen-bond donors (Lipinski definition) is 1. The molecule has 7 heteroatoms. The van der Waals surface area contributed by atoms with Crippen LogP contribution in [0.3, 0.4) is 0 Å². The Hall–Kier alpha value is -1.99. The van der Waals surface area contributed by atoms with Crippen molar-refractivity contribution in [2.24, 2.45) is 0 Å². The summed E-state index contributed by atoms with van der Waals surface area (Å²) < 4.78 is 10.3. The van der Waals surface area contributed by atoms with Crippen LogP contribution in [0.5, 0.6) is 0 Å². The van der Waals surface area contributed by atoms with Crippen molar-refractivity contribution in [3.05, 3.63) is 35.5 Å². The molecule has 0 spiro atoms. The Bertz CT molecular complexity index is 789. The van der Waals surface area contributed by atoms with Crippen LogP contribution in [0.1, 0.15) is 41.1 Å². The predicted molar refractivity (Wildman–Crippen MR) is 102 cm³/mol. The van der Waals surface area contributed by atoms with Crippen LogP contribution in [-0.2, 0) is 14.3 Å². The number of nitrogens with zero attached hydrogens (tertiary/aromatic N) is 1. The highest BCUT2D eigenvalue weighted by Crippen LogP contribution is 2.41. The molecule has 3 rings (SSSR count). The minimum atomic E-state index is -0.359. The van der Waals surface area contributed by atoms with Gasteiger partial charge in [0.2, 0.25) is 5.91 Å². The third-order valence-electron chi connectivity index (χ3n) is 4.41. The van der Waals surface area contributed by atoms with E-state index in [-0.39, 0.29) is 17.3 Å². The molecule has 1 unspecified atom stereocenters. The Morgan fingerprint density at radius 2 is 2.23 bits per heavy atom. The summed E-state index contributed by atoms with van der Waals surface area (Å²) in [5.74, 6) is 0.297. The van der Waals surface area contributed by atoms with Crippen molar-refractivity contribution in [3.63, 3.8) is 0 Å². The smallest absolute Gasteiger partial charge is 0.337 e. The van der Waals surface area contributed by atoms with Gasteiger partial charge in [-0.3, -0.25) is 4.79 Å². The largest absolute Gasteiger partial charge is 0.465 e. The molecular formula is C19H24N2O4S. The molecule has 1 fully saturated rings. The Morgan fingerprint density at radius 1 is 1.38 bits per heavy atom. The Balaban J connectivity index is 1.76. The van der Waals surface area contributed by atoms with E-state index in [9.17, 15) is 9.59 Å². The lowest BCUT2D eigenvalue weighted by molar-refractivity contribution is -0.128. The average Bonchev–Trinajstić information content (AvgIpc) is 3.23. The number of carbonyl (C=O) groups is 2. The fourth-order valence-electron chi connectivity index (χ4n) is 3.13. The standard InChI is InChI=1S/C19H24N2O4S/c1-3-8-25-9-4-7-21-17(22)12-26-18(21)15-11-20-16-10-13(19(23)24-2)5-6-14(15)16/h5-6,10-11,18,20H,3-4,7-9,12H2,1-2H3. The monoisotopic (exact) mass is 376 g/mol. The van der Waals surface area contributed by atoms with Crippen LogP contribution in [0.2, 0.25) is 0 Å². The first kappa shape index (κ1) is 18.8. The zero-order chi connectivity index (χ0) is 18.5. The van der Waals surface area contributed by atoms with Gasteiger partial charge in [-0.05, 0) is 25.0 Å². The van der Waals surface area contributed by atoms with Crippen LogP contribution >= 0.6 is 11.8 Å². The highest BCUT2D eigenvalue weighted by atomic mass is 32.2. The highest BCUT2D eigenvalue weighted by Gasteiger charge is 2.33. The highest BCUT2D eigenvalue weighted by molar-refractivity contribution is 8.00. The van der Waals surface area contributed by atoms with Gasteiger partial charge in [0.25, 0.3) is 0 Å². The van der Waals surface area contributed by atoms with Gasteiger partial charge in [0.05, 0.1) is 18.4 Å². The van der Waals surface area contributed by atoms with Crippen molar-refractivity contribution in [1.82, 2.24) is 9.88 Å². The minimum Gasteiger partial charge on any atom is -0.465 e. The van der Waals surface area contributed by atoms with Gasteiger partial charge in [-0.1, -0.05) is 13.0 Å². The second kappa shape index (κ2) is 8.60. The van der Waals surface area contributed by atoms with Gasteiger partial charge in [-0.25, -0.2) is 4.79 Å². The van der Waals surface area contributed by atoms with E-state index in [1.807, 2.05) is 17.2 Å². The molecule has 2 aromatic rings. The molecule has 1 aliphatic rings. The number of rotatable bonds is 8. The number of thioether (sulfide) groups is 1. The van der Waals surface area contributed by atoms with E-state index in [1.54, 1.807) is 23.9 Å². The molecule has 2 heterocycles. The average molecular weight is 376 g/mol. The van der Waals surface area contributed by atoms with Crippen molar-refractivity contribution >= 4 is 34.5 Å². The number of hydrogen-bond acceptors (Lipinski definition) is 5. The number of esters is 1. The third kappa shape index (κ3) is 3.88. The number of carbonyl (C=O) groups excluding carboxylic acids is 2. The summed E-state index contributed by atoms with van der Waals surface area (Å²) in [6, 6.07) is 5.46. The molecule has 0 bridgehead atoms. The summed E-state index contributed by atoms with van der Waals surface area (Å²) in [7, 11) is 1.37. The zero-order valence-corrected chi connectivity index (χ0v) is 15.9. The SMILES string of the molecule is CCCOCCCN1C(=O)CSC1c1c[nH]c2cc(C(=O)OC)ccc12. The summed E-state index contributed by atoms with van der Waals surface area (Å²) in [6.07, 6.45) is 3.77. The molecule has 1 saturated heterocycles. The van der Waals surface area contributed by atoms with Gasteiger partial charge in [0, 0.05) is 42.4 Å². The molecule has 1 aromatic heterocycles. The summed E-state index contributed by atoms with van der Waals surface area (Å²) in [6.45, 7) is 4.20. The van der Waals surface area contributed by atoms with Crippen LogP contribution in [0.25, 0.3) is 10.9 Å². The third-order valence-corrected chi connectivity index (χ3v) is 5.64. The van der Waals surface area contributed by atoms with E-state index in [2.05, 4.69) is 11.9 Å². The van der Waals surface area contributed by atoms with Crippen LogP contribution < -0.4 is 0 Å². The Labute approximate surface area is 157 Å². The number of H-pyrrole nitrogens is 1. The molecule has 6 nitrogen and oxygen atoms in total. The second-order valence-electron chi connectivity index (χ2n) is 6.21. The van der Waals surface area contributed by atoms with Crippen LogP contribution in [0.4, 0.5) is 0 Å². The summed E-state index contributed by atoms with van der Waals surface area (Å²) in [5.41, 5.74) is 2.45. The molecule has 1 N–H and O–H groups in total. The first-order valence-corrected chi connectivity index (χ1v) is 9.88. The van der Waals surface area contributed by atoms with Crippen molar-refractivity contribution < 1.29 is 19.1 Å². The maximum Gasteiger partial charge on any atom is 0.337 e. The number of nitrogens with one attached hydrogen (secondary N) is 1. The lowest BCUT2D eigenvalue weighted by Crippen LogP contribution is -2.29. The lowest BCUT2D eigenvalue weighted by Gasteiger charge is -2.23. The van der Waals surface area contributed by atoms with Gasteiger partial charge in [-0.15, -0.1) is 11.8 Å². The molecule has 0 aliphatic carbocycles. The normalized spacial score (nSPS) is 17.2. The molecule has 1 aromatic carbocycles. The first-order chi connectivity index (χ1) is 12.7. The van der Waals surface area contributed by atoms with Crippen molar-refractivity contribution in [1.29, 1.82) is 0 Å². The predicted octanol–water partition coefficient (Wildman–Crippen LogP) is 3.35. The number of aromatic amines is 1. The fourth-order valence-corrected chi connectivity index (χ4v) is 4.38. The topological polar surface area (TPSA) is 71.6 Å². The Kier molecular flexibility index (Phi) is 6.21. The van der Waals surface area contributed by atoms with Gasteiger partial charge in [0.1, 0.15) is 5.37 Å². The number of aromatic nitrogens is 1. The Morgan fingerprint density at radius 3 is 3.00 bits per heavy atom. The molecule has 0 radical (unpaired) electrons. The van der Waals surface area contributed by atoms with Crippen molar-refractivity contribution in [2.45, 2.75) is 25.1 Å². The zero-order valence-electron chi connectivity index (χ0n) is 15.1. The quantitative estimate of drug-likeness (QED) is 0.565. The van der Waals surface area contributed by atoms with E-state index in [1.165, 1.54) is 7.11 Å². The van der Waals surface area contributed by atoms with Crippen LogP contribution in [0.15, 0.2) is 24.4 Å². The van der Waals surface area contributed by atoms with Crippen molar-refractivity contribution in [2.75, 3.05) is 32.6 Å². The molecule has 140 valence electrons.